The Labute approximate surface area is 125 Å². The quantitative estimate of drug-likeness (QED) is 0.445. The van der Waals surface area contributed by atoms with Gasteiger partial charge in [-0.05, 0) is 45.1 Å². The third-order valence-electron chi connectivity index (χ3n) is 4.56. The zero-order chi connectivity index (χ0) is 15.6. The summed E-state index contributed by atoms with van der Waals surface area (Å²) in [5.41, 5.74) is 3.64. The predicted molar refractivity (Wildman–Crippen MR) is 79.5 cm³/mol. The Balaban J connectivity index is 2.39. The van der Waals surface area contributed by atoms with Crippen LogP contribution in [-0.2, 0) is 19.1 Å². The number of rotatable bonds is 2. The predicted octanol–water partition coefficient (Wildman–Crippen LogP) is 3.10. The highest BCUT2D eigenvalue weighted by Crippen LogP contribution is 2.47. The van der Waals surface area contributed by atoms with E-state index in [9.17, 15) is 9.59 Å². The number of hydrogen-bond donors (Lipinski definition) is 0. The Morgan fingerprint density at radius 3 is 2.24 bits per heavy atom. The van der Waals surface area contributed by atoms with Crippen molar-refractivity contribution in [2.45, 2.75) is 39.5 Å². The summed E-state index contributed by atoms with van der Waals surface area (Å²) in [6, 6.07) is 0. The van der Waals surface area contributed by atoms with E-state index >= 15 is 0 Å². The largest absolute Gasteiger partial charge is 0.468 e. The third-order valence-corrected chi connectivity index (χ3v) is 4.56. The van der Waals surface area contributed by atoms with Crippen molar-refractivity contribution in [3.05, 3.63) is 34.4 Å². The van der Waals surface area contributed by atoms with Gasteiger partial charge in [0, 0.05) is 0 Å². The van der Waals surface area contributed by atoms with E-state index in [2.05, 4.69) is 19.9 Å². The third kappa shape index (κ3) is 2.67. The topological polar surface area (TPSA) is 52.6 Å². The van der Waals surface area contributed by atoms with Crippen LogP contribution in [0.5, 0.6) is 0 Å². The number of carbonyl (C=O) groups excluding carboxylic acids is 2. The van der Waals surface area contributed by atoms with Gasteiger partial charge in [-0.1, -0.05) is 28.9 Å². The molecule has 0 aromatic heterocycles. The highest BCUT2D eigenvalue weighted by Gasteiger charge is 2.52. The summed E-state index contributed by atoms with van der Waals surface area (Å²) in [6.07, 6.45) is 6.60. The van der Waals surface area contributed by atoms with E-state index in [1.54, 1.807) is 0 Å². The van der Waals surface area contributed by atoms with Crippen LogP contribution in [0, 0.1) is 5.41 Å². The fourth-order valence-electron chi connectivity index (χ4n) is 3.13. The lowest BCUT2D eigenvalue weighted by atomic mass is 9.83. The van der Waals surface area contributed by atoms with Gasteiger partial charge >= 0.3 is 11.9 Å². The number of hydrogen-bond acceptors (Lipinski definition) is 4. The fraction of sp³-hybridized carbons (Fsp3) is 0.529. The van der Waals surface area contributed by atoms with Crippen LogP contribution in [0.2, 0.25) is 0 Å². The first kappa shape index (κ1) is 15.5. The molecular formula is C17H22O4. The van der Waals surface area contributed by atoms with Crippen molar-refractivity contribution in [3.8, 4) is 0 Å². The highest BCUT2D eigenvalue weighted by atomic mass is 16.5. The molecule has 0 unspecified atom stereocenters. The van der Waals surface area contributed by atoms with E-state index in [0.29, 0.717) is 12.8 Å². The second-order valence-electron chi connectivity index (χ2n) is 5.89. The minimum Gasteiger partial charge on any atom is -0.468 e. The normalized spacial score (nSPS) is 25.7. The van der Waals surface area contributed by atoms with Gasteiger partial charge in [-0.15, -0.1) is 0 Å². The minimum atomic E-state index is -1.21. The van der Waals surface area contributed by atoms with E-state index in [1.165, 1.54) is 25.4 Å². The van der Waals surface area contributed by atoms with Crippen LogP contribution in [0.15, 0.2) is 34.4 Å². The molecule has 2 aliphatic carbocycles. The van der Waals surface area contributed by atoms with Crippen LogP contribution in [0.4, 0.5) is 0 Å². The highest BCUT2D eigenvalue weighted by molar-refractivity contribution is 6.01. The van der Waals surface area contributed by atoms with Crippen LogP contribution in [0.3, 0.4) is 0 Å². The van der Waals surface area contributed by atoms with Gasteiger partial charge in [0.15, 0.2) is 5.41 Å². The van der Waals surface area contributed by atoms with E-state index in [1.807, 2.05) is 6.08 Å². The molecule has 21 heavy (non-hydrogen) atoms. The Bertz CT molecular complexity index is 547. The molecule has 0 atom stereocenters. The molecular weight excluding hydrogens is 268 g/mol. The van der Waals surface area contributed by atoms with Crippen LogP contribution in [0.1, 0.15) is 39.5 Å². The SMILES string of the molecule is COC(=O)C1(C(=O)OC)CC2=C(C/C(C)=C(/C)C/C=C\2)C1. The molecule has 0 bridgehead atoms. The average molecular weight is 290 g/mol. The molecule has 4 heteroatoms. The molecule has 2 rings (SSSR count). The lowest BCUT2D eigenvalue weighted by Crippen LogP contribution is -2.39. The number of methoxy groups -OCH3 is 2. The van der Waals surface area contributed by atoms with E-state index in [4.69, 9.17) is 9.47 Å². The average Bonchev–Trinajstić information content (AvgIpc) is 2.83. The standard InChI is InChI=1S/C17H22O4/c1-11-6-5-7-13-9-17(15(18)20-3,16(19)21-4)10-14(13)8-12(11)2/h5,7H,6,8-10H2,1-4H3/b7-5-,12-11-. The monoisotopic (exact) mass is 290 g/mol. The van der Waals surface area contributed by atoms with Gasteiger partial charge < -0.3 is 9.47 Å². The summed E-state index contributed by atoms with van der Waals surface area (Å²) in [5, 5.41) is 0. The Morgan fingerprint density at radius 2 is 1.67 bits per heavy atom. The second-order valence-corrected chi connectivity index (χ2v) is 5.89. The zero-order valence-corrected chi connectivity index (χ0v) is 13.1. The van der Waals surface area contributed by atoms with Crippen molar-refractivity contribution in [1.82, 2.24) is 0 Å². The van der Waals surface area contributed by atoms with Crippen molar-refractivity contribution in [1.29, 1.82) is 0 Å². The Morgan fingerprint density at radius 1 is 1.05 bits per heavy atom. The zero-order valence-electron chi connectivity index (χ0n) is 13.1. The van der Waals surface area contributed by atoms with Crippen LogP contribution < -0.4 is 0 Å². The van der Waals surface area contributed by atoms with Crippen LogP contribution >= 0.6 is 0 Å². The molecule has 0 saturated heterocycles. The van der Waals surface area contributed by atoms with Gasteiger partial charge in [0.1, 0.15) is 0 Å². The molecule has 0 fully saturated rings. The first-order valence-corrected chi connectivity index (χ1v) is 7.14. The van der Waals surface area contributed by atoms with Crippen LogP contribution in [-0.4, -0.2) is 26.2 Å². The molecule has 0 aliphatic heterocycles. The van der Waals surface area contributed by atoms with Gasteiger partial charge in [0.2, 0.25) is 0 Å². The lowest BCUT2D eigenvalue weighted by Gasteiger charge is -2.23. The number of carbonyl (C=O) groups is 2. The molecule has 0 aromatic carbocycles. The van der Waals surface area contributed by atoms with Crippen molar-refractivity contribution < 1.29 is 19.1 Å². The van der Waals surface area contributed by atoms with E-state index in [-0.39, 0.29) is 0 Å². The molecule has 114 valence electrons. The summed E-state index contributed by atoms with van der Waals surface area (Å²) in [5.74, 6) is -1.01. The molecule has 2 aliphatic rings. The summed E-state index contributed by atoms with van der Waals surface area (Å²) in [4.78, 5) is 24.4. The lowest BCUT2D eigenvalue weighted by molar-refractivity contribution is -0.168. The second kappa shape index (κ2) is 5.88. The molecule has 0 amide bonds. The maximum absolute atomic E-state index is 12.2. The Kier molecular flexibility index (Phi) is 4.35. The molecule has 4 nitrogen and oxygen atoms in total. The van der Waals surface area contributed by atoms with Gasteiger partial charge in [0.25, 0.3) is 0 Å². The molecule has 0 radical (unpaired) electrons. The molecule has 0 heterocycles. The maximum atomic E-state index is 12.2. The van der Waals surface area contributed by atoms with Crippen molar-refractivity contribution in [2.24, 2.45) is 5.41 Å². The molecule has 0 N–H and O–H groups in total. The van der Waals surface area contributed by atoms with E-state index < -0.39 is 17.4 Å². The summed E-state index contributed by atoms with van der Waals surface area (Å²) in [6.45, 7) is 4.23. The fourth-order valence-corrected chi connectivity index (χ4v) is 3.13. The van der Waals surface area contributed by atoms with Crippen molar-refractivity contribution in [3.63, 3.8) is 0 Å². The Hall–Kier alpha value is -1.84. The molecule has 0 spiro atoms. The van der Waals surface area contributed by atoms with Gasteiger partial charge in [0.05, 0.1) is 14.2 Å². The number of ether oxygens (including phenoxy) is 2. The summed E-state index contributed by atoms with van der Waals surface area (Å²) in [7, 11) is 2.63. The maximum Gasteiger partial charge on any atom is 0.323 e. The van der Waals surface area contributed by atoms with Crippen molar-refractivity contribution >= 4 is 11.9 Å². The van der Waals surface area contributed by atoms with Crippen molar-refractivity contribution in [2.75, 3.05) is 14.2 Å². The summed E-state index contributed by atoms with van der Waals surface area (Å²) < 4.78 is 9.75. The first-order valence-electron chi connectivity index (χ1n) is 7.14. The number of esters is 2. The van der Waals surface area contributed by atoms with E-state index in [0.717, 1.165) is 24.0 Å². The van der Waals surface area contributed by atoms with Crippen LogP contribution in [0.25, 0.3) is 0 Å². The van der Waals surface area contributed by atoms with Gasteiger partial charge in [-0.25, -0.2) is 0 Å². The molecule has 0 aromatic rings. The minimum absolute atomic E-state index is 0.366. The smallest absolute Gasteiger partial charge is 0.323 e. The summed E-state index contributed by atoms with van der Waals surface area (Å²) >= 11 is 0. The number of allylic oxidation sites excluding steroid dienone is 6. The van der Waals surface area contributed by atoms with Gasteiger partial charge in [-0.2, -0.15) is 0 Å². The first-order chi connectivity index (χ1) is 9.94. The molecule has 0 saturated carbocycles. The van der Waals surface area contributed by atoms with Gasteiger partial charge in [-0.3, -0.25) is 9.59 Å².